The zero-order valence-corrected chi connectivity index (χ0v) is 17.2. The summed E-state index contributed by atoms with van der Waals surface area (Å²) in [6, 6.07) is 6.93. The summed E-state index contributed by atoms with van der Waals surface area (Å²) in [7, 11) is 0. The van der Waals surface area contributed by atoms with Crippen molar-refractivity contribution in [1.82, 2.24) is 10.2 Å². The molecule has 4 amide bonds. The first kappa shape index (κ1) is 20.7. The molecule has 30 heavy (non-hydrogen) atoms. The van der Waals surface area contributed by atoms with Crippen molar-refractivity contribution in [3.05, 3.63) is 24.3 Å². The lowest BCUT2D eigenvalue weighted by Crippen LogP contribution is -2.44. The summed E-state index contributed by atoms with van der Waals surface area (Å²) < 4.78 is 11.3. The minimum absolute atomic E-state index is 0.136. The Kier molecular flexibility index (Phi) is 6.22. The van der Waals surface area contributed by atoms with E-state index in [0.29, 0.717) is 37.3 Å². The van der Waals surface area contributed by atoms with Crippen LogP contribution in [0.15, 0.2) is 24.3 Å². The Hall–Kier alpha value is -2.61. The van der Waals surface area contributed by atoms with Crippen LogP contribution in [0.5, 0.6) is 5.75 Å². The van der Waals surface area contributed by atoms with Crippen molar-refractivity contribution in [2.24, 2.45) is 0 Å². The summed E-state index contributed by atoms with van der Waals surface area (Å²) in [5.74, 6) is 0.389. The third-order valence-electron chi connectivity index (χ3n) is 6.07. The molecule has 1 spiro atoms. The molecular weight excluding hydrogens is 386 g/mol. The molecule has 2 saturated heterocycles. The molecule has 0 radical (unpaired) electrons. The average molecular weight is 415 g/mol. The number of hydrogen-bond acceptors (Lipinski definition) is 5. The number of imide groups is 1. The molecule has 0 bridgehead atoms. The number of carbonyl (C=O) groups is 3. The molecule has 0 aromatic heterocycles. The van der Waals surface area contributed by atoms with Crippen molar-refractivity contribution in [1.29, 1.82) is 0 Å². The van der Waals surface area contributed by atoms with E-state index in [1.54, 1.807) is 12.1 Å². The Morgan fingerprint density at radius 3 is 2.87 bits per heavy atom. The third kappa shape index (κ3) is 4.59. The molecule has 2 aliphatic heterocycles. The second-order valence-corrected chi connectivity index (χ2v) is 8.30. The van der Waals surface area contributed by atoms with Gasteiger partial charge in [-0.25, -0.2) is 4.79 Å². The van der Waals surface area contributed by atoms with Crippen molar-refractivity contribution in [2.75, 3.05) is 25.1 Å². The highest BCUT2D eigenvalue weighted by atomic mass is 16.5. The molecule has 4 rings (SSSR count). The lowest BCUT2D eigenvalue weighted by atomic mass is 9.98. The first-order valence-electron chi connectivity index (χ1n) is 10.8. The fourth-order valence-corrected chi connectivity index (χ4v) is 4.45. The van der Waals surface area contributed by atoms with Crippen LogP contribution in [0.25, 0.3) is 0 Å². The zero-order valence-electron chi connectivity index (χ0n) is 17.2. The number of nitrogens with one attached hydrogen (secondary N) is 2. The maximum atomic E-state index is 12.6. The molecule has 3 aliphatic rings. The quantitative estimate of drug-likeness (QED) is 0.637. The van der Waals surface area contributed by atoms with E-state index in [4.69, 9.17) is 9.47 Å². The van der Waals surface area contributed by atoms with Crippen LogP contribution in [0, 0.1) is 0 Å². The van der Waals surface area contributed by atoms with Crippen molar-refractivity contribution >= 4 is 23.5 Å². The Bertz CT molecular complexity index is 800. The van der Waals surface area contributed by atoms with Crippen LogP contribution in [0.2, 0.25) is 0 Å². The maximum Gasteiger partial charge on any atom is 0.325 e. The molecule has 1 atom stereocenters. The molecule has 1 aromatic carbocycles. The summed E-state index contributed by atoms with van der Waals surface area (Å²) in [5, 5.41) is 5.71. The van der Waals surface area contributed by atoms with Crippen molar-refractivity contribution in [2.45, 2.75) is 63.0 Å². The molecule has 1 saturated carbocycles. The molecule has 1 aliphatic carbocycles. The molecule has 2 N–H and O–H groups in total. The van der Waals surface area contributed by atoms with Gasteiger partial charge in [-0.05, 0) is 44.2 Å². The van der Waals surface area contributed by atoms with E-state index >= 15 is 0 Å². The van der Waals surface area contributed by atoms with Crippen LogP contribution < -0.4 is 15.4 Å². The molecule has 8 nitrogen and oxygen atoms in total. The summed E-state index contributed by atoms with van der Waals surface area (Å²) in [4.78, 5) is 38.4. The number of anilines is 1. The molecular formula is C22H29N3O5. The van der Waals surface area contributed by atoms with Crippen LogP contribution in [-0.4, -0.2) is 54.1 Å². The van der Waals surface area contributed by atoms with Gasteiger partial charge in [0.05, 0.1) is 6.10 Å². The van der Waals surface area contributed by atoms with Gasteiger partial charge in [0, 0.05) is 31.3 Å². The number of benzene rings is 1. The van der Waals surface area contributed by atoms with Crippen molar-refractivity contribution < 1.29 is 23.9 Å². The van der Waals surface area contributed by atoms with Gasteiger partial charge in [0.25, 0.3) is 5.91 Å². The lowest BCUT2D eigenvalue weighted by molar-refractivity contribution is -0.131. The number of amides is 4. The normalized spacial score (nSPS) is 22.5. The number of nitrogens with zero attached hydrogens (tertiary/aromatic N) is 1. The van der Waals surface area contributed by atoms with Crippen LogP contribution in [0.1, 0.15) is 51.4 Å². The number of hydrogen-bond donors (Lipinski definition) is 2. The molecule has 2 heterocycles. The topological polar surface area (TPSA) is 97.0 Å². The summed E-state index contributed by atoms with van der Waals surface area (Å²) in [5.41, 5.74) is -0.0340. The van der Waals surface area contributed by atoms with Gasteiger partial charge in [-0.2, -0.15) is 0 Å². The van der Waals surface area contributed by atoms with Crippen LogP contribution in [0.4, 0.5) is 10.5 Å². The minimum Gasteiger partial charge on any atom is -0.491 e. The van der Waals surface area contributed by atoms with E-state index in [0.717, 1.165) is 32.3 Å². The largest absolute Gasteiger partial charge is 0.491 e. The van der Waals surface area contributed by atoms with E-state index in [1.165, 1.54) is 4.90 Å². The smallest absolute Gasteiger partial charge is 0.325 e. The molecule has 3 fully saturated rings. The van der Waals surface area contributed by atoms with E-state index in [2.05, 4.69) is 10.6 Å². The van der Waals surface area contributed by atoms with Gasteiger partial charge in [0.15, 0.2) is 0 Å². The average Bonchev–Trinajstić information content (AvgIpc) is 3.46. The van der Waals surface area contributed by atoms with Gasteiger partial charge in [-0.3, -0.25) is 14.5 Å². The fourth-order valence-electron chi connectivity index (χ4n) is 4.45. The van der Waals surface area contributed by atoms with Gasteiger partial charge in [0.1, 0.15) is 17.9 Å². The van der Waals surface area contributed by atoms with E-state index in [-0.39, 0.29) is 36.9 Å². The molecule has 162 valence electrons. The lowest BCUT2D eigenvalue weighted by Gasteiger charge is -2.19. The van der Waals surface area contributed by atoms with Gasteiger partial charge in [-0.15, -0.1) is 0 Å². The van der Waals surface area contributed by atoms with Gasteiger partial charge < -0.3 is 20.1 Å². The number of urea groups is 1. The van der Waals surface area contributed by atoms with Crippen LogP contribution >= 0.6 is 0 Å². The highest BCUT2D eigenvalue weighted by Gasteiger charge is 2.52. The first-order chi connectivity index (χ1) is 14.6. The highest BCUT2D eigenvalue weighted by Crippen LogP contribution is 2.35. The van der Waals surface area contributed by atoms with Crippen molar-refractivity contribution in [3.63, 3.8) is 0 Å². The summed E-state index contributed by atoms with van der Waals surface area (Å²) in [6.45, 7) is 1.55. The first-order valence-corrected chi connectivity index (χ1v) is 10.8. The zero-order chi connectivity index (χ0) is 21.0. The second kappa shape index (κ2) is 9.04. The number of rotatable bonds is 8. The predicted octanol–water partition coefficient (Wildman–Crippen LogP) is 2.83. The second-order valence-electron chi connectivity index (χ2n) is 8.30. The van der Waals surface area contributed by atoms with E-state index in [1.807, 2.05) is 12.1 Å². The molecule has 1 aromatic rings. The summed E-state index contributed by atoms with van der Waals surface area (Å²) >= 11 is 0. The minimum atomic E-state index is -0.691. The van der Waals surface area contributed by atoms with Gasteiger partial charge in [0.2, 0.25) is 5.91 Å². The van der Waals surface area contributed by atoms with Crippen LogP contribution in [0.3, 0.4) is 0 Å². The number of ether oxygens (including phenoxy) is 2. The molecule has 1 unspecified atom stereocenters. The predicted molar refractivity (Wildman–Crippen MR) is 110 cm³/mol. The Morgan fingerprint density at radius 1 is 1.27 bits per heavy atom. The third-order valence-corrected chi connectivity index (χ3v) is 6.07. The molecule has 8 heteroatoms. The van der Waals surface area contributed by atoms with E-state index in [9.17, 15) is 14.4 Å². The van der Waals surface area contributed by atoms with Gasteiger partial charge in [-0.1, -0.05) is 18.9 Å². The van der Waals surface area contributed by atoms with Crippen LogP contribution in [-0.2, 0) is 14.3 Å². The highest BCUT2D eigenvalue weighted by molar-refractivity contribution is 6.07. The number of carbonyl (C=O) groups excluding carboxylic acids is 3. The van der Waals surface area contributed by atoms with Gasteiger partial charge >= 0.3 is 6.03 Å². The maximum absolute atomic E-state index is 12.6. The fraction of sp³-hybridized carbons (Fsp3) is 0.591. The Labute approximate surface area is 176 Å². The van der Waals surface area contributed by atoms with E-state index < -0.39 is 5.54 Å². The standard InChI is InChI=1S/C22H29N3O5/c26-19(9-4-12-25-20(27)22(24-21(25)28)10-1-2-11-22)23-16-6-3-7-17(14-16)30-15-18-8-5-13-29-18/h3,6-7,14,18H,1-2,4-5,8-13,15H2,(H,23,26)(H,24,28). The SMILES string of the molecule is O=C(CCCN1C(=O)NC2(CCCC2)C1=O)Nc1cccc(OCC2CCCO2)c1. The Morgan fingerprint density at radius 2 is 2.10 bits per heavy atom. The Balaban J connectivity index is 1.22. The monoisotopic (exact) mass is 415 g/mol. The van der Waals surface area contributed by atoms with Crippen molar-refractivity contribution in [3.8, 4) is 5.75 Å². The summed E-state index contributed by atoms with van der Waals surface area (Å²) in [6.07, 6.45) is 6.20.